The summed E-state index contributed by atoms with van der Waals surface area (Å²) in [5, 5.41) is 0. The average molecular weight is 237 g/mol. The molecular formula is C14H23NO2. The molecule has 1 fully saturated rings. The molecule has 0 saturated carbocycles. The van der Waals surface area contributed by atoms with Gasteiger partial charge in [-0.3, -0.25) is 9.69 Å². The van der Waals surface area contributed by atoms with Crippen molar-refractivity contribution in [3.8, 4) is 11.8 Å². The monoisotopic (exact) mass is 237 g/mol. The predicted octanol–water partition coefficient (Wildman–Crippen LogP) is 2.21. The van der Waals surface area contributed by atoms with E-state index >= 15 is 0 Å². The first-order chi connectivity index (χ1) is 8.06. The quantitative estimate of drug-likeness (QED) is 0.557. The molecule has 1 rings (SSSR count). The maximum atomic E-state index is 11.0. The number of likely N-dealkylation sites (tertiary alicyclic amines) is 1. The van der Waals surface area contributed by atoms with E-state index in [1.54, 1.807) is 0 Å². The zero-order valence-corrected chi connectivity index (χ0v) is 11.2. The van der Waals surface area contributed by atoms with Gasteiger partial charge in [0.1, 0.15) is 0 Å². The lowest BCUT2D eigenvalue weighted by Crippen LogP contribution is -2.31. The van der Waals surface area contributed by atoms with E-state index in [0.29, 0.717) is 0 Å². The van der Waals surface area contributed by atoms with Crippen LogP contribution in [0.25, 0.3) is 0 Å². The first-order valence-electron chi connectivity index (χ1n) is 6.48. The minimum atomic E-state index is -0.623. The van der Waals surface area contributed by atoms with Gasteiger partial charge in [-0.1, -0.05) is 25.2 Å². The summed E-state index contributed by atoms with van der Waals surface area (Å²) in [6.07, 6.45) is 4.61. The van der Waals surface area contributed by atoms with Gasteiger partial charge in [0.15, 0.2) is 5.60 Å². The summed E-state index contributed by atoms with van der Waals surface area (Å²) >= 11 is 0. The average Bonchev–Trinajstić information content (AvgIpc) is 2.29. The Morgan fingerprint density at radius 1 is 1.35 bits per heavy atom. The van der Waals surface area contributed by atoms with Gasteiger partial charge in [-0.2, -0.15) is 0 Å². The van der Waals surface area contributed by atoms with Gasteiger partial charge in [-0.25, -0.2) is 0 Å². The highest BCUT2D eigenvalue weighted by atomic mass is 16.6. The third kappa shape index (κ3) is 5.23. The van der Waals surface area contributed by atoms with Gasteiger partial charge in [-0.05, 0) is 39.3 Å². The Morgan fingerprint density at radius 2 is 2.00 bits per heavy atom. The van der Waals surface area contributed by atoms with Crippen molar-refractivity contribution in [2.75, 3.05) is 19.6 Å². The molecule has 0 N–H and O–H groups in total. The molecule has 0 aromatic heterocycles. The van der Waals surface area contributed by atoms with Crippen molar-refractivity contribution in [1.29, 1.82) is 0 Å². The number of carbonyl (C=O) groups is 1. The van der Waals surface area contributed by atoms with Crippen LogP contribution < -0.4 is 0 Å². The second kappa shape index (κ2) is 6.66. The number of nitrogens with zero attached hydrogens (tertiary/aromatic N) is 1. The number of piperidine rings is 1. The lowest BCUT2D eigenvalue weighted by molar-refractivity contribution is -0.150. The standard InChI is InChI=1S/C14H23NO2/c1-4-14(3,17-13(2)16)9-8-12-15-10-6-5-7-11-15/h4-7,10-12H2,1-3H3. The molecule has 1 aliphatic rings. The Kier molecular flexibility index (Phi) is 5.50. The van der Waals surface area contributed by atoms with Gasteiger partial charge >= 0.3 is 5.97 Å². The van der Waals surface area contributed by atoms with E-state index in [4.69, 9.17) is 4.74 Å². The number of carbonyl (C=O) groups excluding carboxylic acids is 1. The van der Waals surface area contributed by atoms with Crippen LogP contribution in [0.5, 0.6) is 0 Å². The van der Waals surface area contributed by atoms with Gasteiger partial charge in [0, 0.05) is 6.92 Å². The third-order valence-electron chi connectivity index (χ3n) is 3.15. The van der Waals surface area contributed by atoms with Crippen LogP contribution in [-0.2, 0) is 9.53 Å². The van der Waals surface area contributed by atoms with Crippen molar-refractivity contribution >= 4 is 5.97 Å². The molecule has 0 aromatic rings. The minimum Gasteiger partial charge on any atom is -0.446 e. The molecule has 3 nitrogen and oxygen atoms in total. The Hall–Kier alpha value is -1.01. The SMILES string of the molecule is CCC(C)(C#CCN1CCCCC1)OC(C)=O. The second-order valence-corrected chi connectivity index (χ2v) is 4.82. The predicted molar refractivity (Wildman–Crippen MR) is 68.5 cm³/mol. The minimum absolute atomic E-state index is 0.262. The molecule has 1 unspecified atom stereocenters. The molecule has 1 aliphatic heterocycles. The van der Waals surface area contributed by atoms with Gasteiger partial charge in [0.05, 0.1) is 6.54 Å². The van der Waals surface area contributed by atoms with Crippen molar-refractivity contribution in [2.45, 2.75) is 52.1 Å². The largest absolute Gasteiger partial charge is 0.446 e. The van der Waals surface area contributed by atoms with E-state index in [2.05, 4.69) is 16.7 Å². The molecule has 1 atom stereocenters. The van der Waals surface area contributed by atoms with Crippen molar-refractivity contribution in [2.24, 2.45) is 0 Å². The molecule has 0 amide bonds. The smallest absolute Gasteiger partial charge is 0.304 e. The number of ether oxygens (including phenoxy) is 1. The first kappa shape index (κ1) is 14.1. The number of hydrogen-bond acceptors (Lipinski definition) is 3. The lowest BCUT2D eigenvalue weighted by atomic mass is 10.0. The van der Waals surface area contributed by atoms with E-state index in [9.17, 15) is 4.79 Å². The molecule has 1 saturated heterocycles. The highest BCUT2D eigenvalue weighted by Crippen LogP contribution is 2.14. The van der Waals surface area contributed by atoms with E-state index in [0.717, 1.165) is 26.1 Å². The van der Waals surface area contributed by atoms with Crippen molar-refractivity contribution in [3.63, 3.8) is 0 Å². The maximum absolute atomic E-state index is 11.0. The fourth-order valence-corrected chi connectivity index (χ4v) is 1.96. The summed E-state index contributed by atoms with van der Waals surface area (Å²) in [7, 11) is 0. The molecule has 17 heavy (non-hydrogen) atoms. The molecule has 0 spiro atoms. The Morgan fingerprint density at radius 3 is 2.53 bits per heavy atom. The van der Waals surface area contributed by atoms with Gasteiger partial charge in [0.2, 0.25) is 0 Å². The summed E-state index contributed by atoms with van der Waals surface area (Å²) in [6, 6.07) is 0. The summed E-state index contributed by atoms with van der Waals surface area (Å²) in [5.74, 6) is 5.98. The number of rotatable bonds is 3. The molecule has 0 aromatic carbocycles. The third-order valence-corrected chi connectivity index (χ3v) is 3.15. The van der Waals surface area contributed by atoms with Crippen molar-refractivity contribution < 1.29 is 9.53 Å². The van der Waals surface area contributed by atoms with Crippen molar-refractivity contribution in [3.05, 3.63) is 0 Å². The van der Waals surface area contributed by atoms with Gasteiger partial charge in [0.25, 0.3) is 0 Å². The van der Waals surface area contributed by atoms with Crippen LogP contribution in [0, 0.1) is 11.8 Å². The fourth-order valence-electron chi connectivity index (χ4n) is 1.96. The van der Waals surface area contributed by atoms with Crippen LogP contribution in [0.15, 0.2) is 0 Å². The summed E-state index contributed by atoms with van der Waals surface area (Å²) in [4.78, 5) is 13.3. The molecule has 0 bridgehead atoms. The van der Waals surface area contributed by atoms with E-state index in [-0.39, 0.29) is 5.97 Å². The van der Waals surface area contributed by atoms with E-state index in [1.807, 2.05) is 13.8 Å². The number of esters is 1. The molecule has 1 heterocycles. The van der Waals surface area contributed by atoms with Crippen LogP contribution in [0.1, 0.15) is 46.5 Å². The molecular weight excluding hydrogens is 214 g/mol. The Balaban J connectivity index is 2.46. The van der Waals surface area contributed by atoms with Crippen LogP contribution in [0.3, 0.4) is 0 Å². The number of hydrogen-bond donors (Lipinski definition) is 0. The molecule has 3 heteroatoms. The Bertz CT molecular complexity index is 310. The zero-order chi connectivity index (χ0) is 12.7. The summed E-state index contributed by atoms with van der Waals surface area (Å²) < 4.78 is 5.25. The second-order valence-electron chi connectivity index (χ2n) is 4.82. The fraction of sp³-hybridized carbons (Fsp3) is 0.786. The summed E-state index contributed by atoms with van der Waals surface area (Å²) in [5.41, 5.74) is -0.623. The van der Waals surface area contributed by atoms with Crippen molar-refractivity contribution in [1.82, 2.24) is 4.90 Å². The zero-order valence-electron chi connectivity index (χ0n) is 11.2. The van der Waals surface area contributed by atoms with Crippen LogP contribution in [0.4, 0.5) is 0 Å². The highest BCUT2D eigenvalue weighted by Gasteiger charge is 2.22. The summed E-state index contributed by atoms with van der Waals surface area (Å²) in [6.45, 7) is 8.36. The molecule has 0 aliphatic carbocycles. The molecule has 0 radical (unpaired) electrons. The van der Waals surface area contributed by atoms with Crippen LogP contribution in [-0.4, -0.2) is 36.1 Å². The van der Waals surface area contributed by atoms with Gasteiger partial charge < -0.3 is 4.74 Å². The van der Waals surface area contributed by atoms with Crippen LogP contribution in [0.2, 0.25) is 0 Å². The van der Waals surface area contributed by atoms with Crippen LogP contribution >= 0.6 is 0 Å². The topological polar surface area (TPSA) is 29.5 Å². The van der Waals surface area contributed by atoms with Gasteiger partial charge in [-0.15, -0.1) is 0 Å². The van der Waals surface area contributed by atoms with E-state index < -0.39 is 5.60 Å². The highest BCUT2D eigenvalue weighted by molar-refractivity contribution is 5.67. The first-order valence-corrected chi connectivity index (χ1v) is 6.48. The molecule has 96 valence electrons. The normalized spacial score (nSPS) is 19.9. The van der Waals surface area contributed by atoms with E-state index in [1.165, 1.54) is 26.2 Å². The lowest BCUT2D eigenvalue weighted by Gasteiger charge is -2.25. The maximum Gasteiger partial charge on any atom is 0.304 e. The Labute approximate surface area is 105 Å².